The minimum Gasteiger partial charge on any atom is -0.507 e. The highest BCUT2D eigenvalue weighted by atomic mass is 32.1. The van der Waals surface area contributed by atoms with Crippen molar-refractivity contribution < 1.29 is 33.3 Å². The summed E-state index contributed by atoms with van der Waals surface area (Å²) in [5, 5.41) is 23.2. The monoisotopic (exact) mass is 419 g/mol. The van der Waals surface area contributed by atoms with Gasteiger partial charge in [-0.15, -0.1) is 11.3 Å². The lowest BCUT2D eigenvalue weighted by atomic mass is 10.0. The van der Waals surface area contributed by atoms with Gasteiger partial charge in [0.1, 0.15) is 22.1 Å². The number of methoxy groups -OCH3 is 1. The Morgan fingerprint density at radius 3 is 2.48 bits per heavy atom. The van der Waals surface area contributed by atoms with E-state index in [-0.39, 0.29) is 38.6 Å². The zero-order valence-electron chi connectivity index (χ0n) is 15.2. The number of nitrogens with one attached hydrogen (secondary N) is 1. The molecule has 0 aliphatic carbocycles. The zero-order valence-corrected chi connectivity index (χ0v) is 16.1. The van der Waals surface area contributed by atoms with Crippen molar-refractivity contribution in [2.75, 3.05) is 12.4 Å². The summed E-state index contributed by atoms with van der Waals surface area (Å²) < 4.78 is 33.3. The Balaban J connectivity index is 2.04. The van der Waals surface area contributed by atoms with Gasteiger partial charge in [0.2, 0.25) is 0 Å². The van der Waals surface area contributed by atoms with Gasteiger partial charge in [0, 0.05) is 16.5 Å². The predicted molar refractivity (Wildman–Crippen MR) is 104 cm³/mol. The SMILES string of the molecule is COc1ccc(O)c(C(=O)Nc2scc(-c3ccc(C)c(F)c3F)c2C(=O)O)c1. The third-order valence-corrected chi connectivity index (χ3v) is 5.14. The molecule has 0 aliphatic heterocycles. The molecule has 1 amide bonds. The molecule has 3 aromatic rings. The van der Waals surface area contributed by atoms with E-state index in [9.17, 15) is 28.6 Å². The summed E-state index contributed by atoms with van der Waals surface area (Å²) in [6.45, 7) is 1.39. The standard InChI is InChI=1S/C20H15F2NO5S/c1-9-3-5-11(17(22)16(9)21)13-8-29-19(15(13)20(26)27)23-18(25)12-7-10(28-2)4-6-14(12)24/h3-8,24H,1-2H3,(H,23,25)(H,26,27). The van der Waals surface area contributed by atoms with Crippen molar-refractivity contribution >= 4 is 28.2 Å². The number of hydrogen-bond acceptors (Lipinski definition) is 5. The average molecular weight is 419 g/mol. The van der Waals surface area contributed by atoms with E-state index < -0.39 is 23.5 Å². The van der Waals surface area contributed by atoms with Crippen LogP contribution in [0.25, 0.3) is 11.1 Å². The zero-order chi connectivity index (χ0) is 21.3. The maximum atomic E-state index is 14.4. The van der Waals surface area contributed by atoms with E-state index in [1.807, 2.05) is 0 Å². The number of aromatic hydroxyl groups is 1. The van der Waals surface area contributed by atoms with Gasteiger partial charge in [-0.2, -0.15) is 0 Å². The number of carbonyl (C=O) groups excluding carboxylic acids is 1. The number of anilines is 1. The van der Waals surface area contributed by atoms with Gasteiger partial charge in [-0.3, -0.25) is 4.79 Å². The molecule has 0 saturated carbocycles. The second kappa shape index (κ2) is 7.88. The molecule has 0 atom stereocenters. The lowest BCUT2D eigenvalue weighted by Crippen LogP contribution is -2.14. The van der Waals surface area contributed by atoms with Crippen molar-refractivity contribution in [1.29, 1.82) is 0 Å². The van der Waals surface area contributed by atoms with Gasteiger partial charge in [0.05, 0.1) is 12.7 Å². The lowest BCUT2D eigenvalue weighted by molar-refractivity contribution is 0.0699. The molecule has 3 rings (SSSR count). The first-order valence-corrected chi connectivity index (χ1v) is 9.10. The Hall–Kier alpha value is -3.46. The number of phenols is 1. The Kier molecular flexibility index (Phi) is 5.51. The maximum Gasteiger partial charge on any atom is 0.339 e. The van der Waals surface area contributed by atoms with E-state index in [2.05, 4.69) is 5.32 Å². The van der Waals surface area contributed by atoms with Gasteiger partial charge in [0.25, 0.3) is 5.91 Å². The van der Waals surface area contributed by atoms with Gasteiger partial charge < -0.3 is 20.3 Å². The number of hydrogen-bond donors (Lipinski definition) is 3. The van der Waals surface area contributed by atoms with Gasteiger partial charge in [-0.1, -0.05) is 12.1 Å². The van der Waals surface area contributed by atoms with Crippen LogP contribution in [0, 0.1) is 18.6 Å². The minimum atomic E-state index is -1.42. The number of aromatic carboxylic acids is 1. The first kappa shape index (κ1) is 20.3. The molecule has 0 radical (unpaired) electrons. The van der Waals surface area contributed by atoms with Gasteiger partial charge in [-0.25, -0.2) is 13.6 Å². The highest BCUT2D eigenvalue weighted by Crippen LogP contribution is 2.38. The van der Waals surface area contributed by atoms with Crippen LogP contribution in [0.1, 0.15) is 26.3 Å². The predicted octanol–water partition coefficient (Wildman–Crippen LogP) is 4.67. The third kappa shape index (κ3) is 3.77. The van der Waals surface area contributed by atoms with Crippen molar-refractivity contribution in [3.8, 4) is 22.6 Å². The number of aryl methyl sites for hydroxylation is 1. The molecule has 2 aromatic carbocycles. The number of carboxylic acids is 1. The molecular weight excluding hydrogens is 404 g/mol. The van der Waals surface area contributed by atoms with Crippen molar-refractivity contribution in [2.45, 2.75) is 6.92 Å². The number of phenolic OH excluding ortho intramolecular Hbond substituents is 1. The fourth-order valence-corrected chi connectivity index (χ4v) is 3.66. The molecule has 0 fully saturated rings. The van der Waals surface area contributed by atoms with E-state index in [1.54, 1.807) is 0 Å². The number of amides is 1. The molecule has 9 heteroatoms. The van der Waals surface area contributed by atoms with Crippen LogP contribution in [0.4, 0.5) is 13.8 Å². The van der Waals surface area contributed by atoms with Crippen LogP contribution in [-0.4, -0.2) is 29.2 Å². The summed E-state index contributed by atoms with van der Waals surface area (Å²) in [7, 11) is 1.39. The minimum absolute atomic E-state index is 0.0657. The van der Waals surface area contributed by atoms with E-state index in [4.69, 9.17) is 4.74 Å². The molecule has 150 valence electrons. The van der Waals surface area contributed by atoms with Crippen molar-refractivity contribution in [3.63, 3.8) is 0 Å². The van der Waals surface area contributed by atoms with Crippen LogP contribution in [0.5, 0.6) is 11.5 Å². The summed E-state index contributed by atoms with van der Waals surface area (Å²) in [6.07, 6.45) is 0. The third-order valence-electron chi connectivity index (χ3n) is 4.25. The van der Waals surface area contributed by atoms with E-state index in [1.165, 1.54) is 49.7 Å². The van der Waals surface area contributed by atoms with Crippen molar-refractivity contribution in [3.05, 3.63) is 64.0 Å². The van der Waals surface area contributed by atoms with Gasteiger partial charge in [-0.05, 0) is 30.7 Å². The summed E-state index contributed by atoms with van der Waals surface area (Å²) in [6, 6.07) is 6.61. The van der Waals surface area contributed by atoms with Gasteiger partial charge >= 0.3 is 5.97 Å². The number of rotatable bonds is 5. The molecule has 3 N–H and O–H groups in total. The number of carbonyl (C=O) groups is 2. The normalized spacial score (nSPS) is 10.6. The Morgan fingerprint density at radius 2 is 1.83 bits per heavy atom. The fourth-order valence-electron chi connectivity index (χ4n) is 2.71. The molecule has 0 unspecified atom stereocenters. The number of ether oxygens (including phenoxy) is 1. The lowest BCUT2D eigenvalue weighted by Gasteiger charge is -2.09. The van der Waals surface area contributed by atoms with E-state index in [0.717, 1.165) is 11.3 Å². The number of halogens is 2. The van der Waals surface area contributed by atoms with Crippen LogP contribution < -0.4 is 10.1 Å². The average Bonchev–Trinajstić information content (AvgIpc) is 3.10. The molecule has 0 aliphatic rings. The second-order valence-electron chi connectivity index (χ2n) is 6.05. The molecular formula is C20H15F2NO5S. The summed E-state index contributed by atoms with van der Waals surface area (Å²) >= 11 is 0.842. The second-order valence-corrected chi connectivity index (χ2v) is 6.93. The summed E-state index contributed by atoms with van der Waals surface area (Å²) in [5.74, 6) is -4.47. The number of thiophene rings is 1. The van der Waals surface area contributed by atoms with E-state index in [0.29, 0.717) is 5.75 Å². The molecule has 0 saturated heterocycles. The van der Waals surface area contributed by atoms with Crippen LogP contribution in [-0.2, 0) is 0 Å². The first-order valence-electron chi connectivity index (χ1n) is 8.22. The molecule has 29 heavy (non-hydrogen) atoms. The van der Waals surface area contributed by atoms with Crippen LogP contribution in [0.2, 0.25) is 0 Å². The molecule has 0 bridgehead atoms. The smallest absolute Gasteiger partial charge is 0.339 e. The van der Waals surface area contributed by atoms with Crippen molar-refractivity contribution in [2.24, 2.45) is 0 Å². The van der Waals surface area contributed by atoms with Crippen molar-refractivity contribution in [1.82, 2.24) is 0 Å². The summed E-state index contributed by atoms with van der Waals surface area (Å²) in [5.41, 5.74) is -0.730. The van der Waals surface area contributed by atoms with E-state index >= 15 is 0 Å². The fraction of sp³-hybridized carbons (Fsp3) is 0.100. The largest absolute Gasteiger partial charge is 0.507 e. The molecule has 0 spiro atoms. The highest BCUT2D eigenvalue weighted by molar-refractivity contribution is 7.15. The molecule has 1 aromatic heterocycles. The quantitative estimate of drug-likeness (QED) is 0.559. The van der Waals surface area contributed by atoms with Crippen LogP contribution in [0.3, 0.4) is 0 Å². The Bertz CT molecular complexity index is 1130. The Morgan fingerprint density at radius 1 is 1.10 bits per heavy atom. The summed E-state index contributed by atoms with van der Waals surface area (Å²) in [4.78, 5) is 24.3. The number of benzene rings is 2. The van der Waals surface area contributed by atoms with Crippen LogP contribution in [0.15, 0.2) is 35.7 Å². The topological polar surface area (TPSA) is 95.9 Å². The first-order chi connectivity index (χ1) is 13.7. The molecule has 6 nitrogen and oxygen atoms in total. The van der Waals surface area contributed by atoms with Gasteiger partial charge in [0.15, 0.2) is 11.6 Å². The Labute approximate surface area is 168 Å². The van der Waals surface area contributed by atoms with Crippen LogP contribution >= 0.6 is 11.3 Å². The highest BCUT2D eigenvalue weighted by Gasteiger charge is 2.25. The molecule has 1 heterocycles. The number of carboxylic acid groups (broad SMARTS) is 1. The maximum absolute atomic E-state index is 14.4.